The van der Waals surface area contributed by atoms with E-state index < -0.39 is 0 Å². The normalized spacial score (nSPS) is 10.5. The van der Waals surface area contributed by atoms with Crippen molar-refractivity contribution in [2.45, 2.75) is 13.5 Å². The molecule has 1 heterocycles. The van der Waals surface area contributed by atoms with Gasteiger partial charge in [-0.1, -0.05) is 24.3 Å². The lowest BCUT2D eigenvalue weighted by molar-refractivity contribution is -0.123. The number of hydrogen-bond donors (Lipinski definition) is 1. The zero-order chi connectivity index (χ0) is 16.1. The molecule has 0 aliphatic heterocycles. The SMILES string of the molecule is Cc1ccccc1OCC(=O)NCc1ccc2nccnc2c1. The van der Waals surface area contributed by atoms with Gasteiger partial charge in [0, 0.05) is 18.9 Å². The Kier molecular flexibility index (Phi) is 4.47. The van der Waals surface area contributed by atoms with Gasteiger partial charge in [0.2, 0.25) is 0 Å². The maximum Gasteiger partial charge on any atom is 0.258 e. The largest absolute Gasteiger partial charge is 0.484 e. The van der Waals surface area contributed by atoms with Crippen molar-refractivity contribution in [1.29, 1.82) is 0 Å². The summed E-state index contributed by atoms with van der Waals surface area (Å²) in [6.07, 6.45) is 3.31. The number of nitrogens with zero attached hydrogens (tertiary/aromatic N) is 2. The first-order chi connectivity index (χ1) is 11.2. The van der Waals surface area contributed by atoms with Crippen LogP contribution < -0.4 is 10.1 Å². The van der Waals surface area contributed by atoms with Crippen molar-refractivity contribution in [3.8, 4) is 5.75 Å². The molecule has 0 spiro atoms. The molecule has 0 atom stereocenters. The fourth-order valence-electron chi connectivity index (χ4n) is 2.23. The standard InChI is InChI=1S/C18H17N3O2/c1-13-4-2-3-5-17(13)23-12-18(22)21-11-14-6-7-15-16(10-14)20-9-8-19-15/h2-10H,11-12H2,1H3,(H,21,22). The summed E-state index contributed by atoms with van der Waals surface area (Å²) in [7, 11) is 0. The van der Waals surface area contributed by atoms with E-state index in [-0.39, 0.29) is 12.5 Å². The van der Waals surface area contributed by atoms with E-state index in [4.69, 9.17) is 4.74 Å². The van der Waals surface area contributed by atoms with Gasteiger partial charge in [-0.15, -0.1) is 0 Å². The summed E-state index contributed by atoms with van der Waals surface area (Å²) in [5, 5.41) is 2.84. The number of nitrogens with one attached hydrogen (secondary N) is 1. The highest BCUT2D eigenvalue weighted by Gasteiger charge is 2.05. The third-order valence-electron chi connectivity index (χ3n) is 3.48. The van der Waals surface area contributed by atoms with E-state index >= 15 is 0 Å². The van der Waals surface area contributed by atoms with Gasteiger partial charge in [-0.2, -0.15) is 0 Å². The first-order valence-electron chi connectivity index (χ1n) is 7.37. The zero-order valence-electron chi connectivity index (χ0n) is 12.8. The van der Waals surface area contributed by atoms with E-state index in [1.807, 2.05) is 49.4 Å². The van der Waals surface area contributed by atoms with E-state index in [0.717, 1.165) is 27.9 Å². The second kappa shape index (κ2) is 6.87. The number of aromatic nitrogens is 2. The van der Waals surface area contributed by atoms with Crippen LogP contribution in [0.3, 0.4) is 0 Å². The van der Waals surface area contributed by atoms with Crippen LogP contribution in [0, 0.1) is 6.92 Å². The molecule has 116 valence electrons. The van der Waals surface area contributed by atoms with Crippen molar-refractivity contribution in [2.75, 3.05) is 6.61 Å². The molecule has 1 N–H and O–H groups in total. The van der Waals surface area contributed by atoms with E-state index in [9.17, 15) is 4.79 Å². The second-order valence-electron chi connectivity index (χ2n) is 5.21. The molecule has 5 nitrogen and oxygen atoms in total. The summed E-state index contributed by atoms with van der Waals surface area (Å²) in [6.45, 7) is 2.38. The Bertz CT molecular complexity index is 833. The first-order valence-corrected chi connectivity index (χ1v) is 7.37. The minimum absolute atomic E-state index is 0.00175. The molecule has 0 bridgehead atoms. The van der Waals surface area contributed by atoms with Crippen LogP contribution >= 0.6 is 0 Å². The second-order valence-corrected chi connectivity index (χ2v) is 5.21. The summed E-state index contributed by atoms with van der Waals surface area (Å²) in [6, 6.07) is 13.4. The molecule has 5 heteroatoms. The minimum atomic E-state index is -0.160. The summed E-state index contributed by atoms with van der Waals surface area (Å²) >= 11 is 0. The molecule has 3 aromatic rings. The van der Waals surface area contributed by atoms with E-state index in [0.29, 0.717) is 6.54 Å². The van der Waals surface area contributed by atoms with Crippen LogP contribution in [-0.2, 0) is 11.3 Å². The Morgan fingerprint density at radius 1 is 1.09 bits per heavy atom. The monoisotopic (exact) mass is 307 g/mol. The van der Waals surface area contributed by atoms with E-state index in [1.54, 1.807) is 12.4 Å². The van der Waals surface area contributed by atoms with E-state index in [2.05, 4.69) is 15.3 Å². The van der Waals surface area contributed by atoms with E-state index in [1.165, 1.54) is 0 Å². The third kappa shape index (κ3) is 3.83. The highest BCUT2D eigenvalue weighted by molar-refractivity contribution is 5.78. The molecule has 23 heavy (non-hydrogen) atoms. The molecular weight excluding hydrogens is 290 g/mol. The lowest BCUT2D eigenvalue weighted by atomic mass is 10.2. The lowest BCUT2D eigenvalue weighted by Gasteiger charge is -2.09. The molecule has 1 aromatic heterocycles. The lowest BCUT2D eigenvalue weighted by Crippen LogP contribution is -2.28. The van der Waals surface area contributed by atoms with Gasteiger partial charge < -0.3 is 10.1 Å². The Morgan fingerprint density at radius 3 is 2.70 bits per heavy atom. The number of ether oxygens (including phenoxy) is 1. The highest BCUT2D eigenvalue weighted by atomic mass is 16.5. The van der Waals surface area contributed by atoms with Crippen LogP contribution in [0.4, 0.5) is 0 Å². The third-order valence-corrected chi connectivity index (χ3v) is 3.48. The summed E-state index contributed by atoms with van der Waals surface area (Å²) < 4.78 is 5.52. The van der Waals surface area contributed by atoms with Gasteiger partial charge in [-0.3, -0.25) is 14.8 Å². The van der Waals surface area contributed by atoms with Crippen LogP contribution in [0.2, 0.25) is 0 Å². The predicted octanol–water partition coefficient (Wildman–Crippen LogP) is 2.63. The van der Waals surface area contributed by atoms with Crippen molar-refractivity contribution in [1.82, 2.24) is 15.3 Å². The Balaban J connectivity index is 1.54. The van der Waals surface area contributed by atoms with Crippen LogP contribution in [0.25, 0.3) is 11.0 Å². The average Bonchev–Trinajstić information content (AvgIpc) is 2.59. The van der Waals surface area contributed by atoms with Crippen molar-refractivity contribution in [3.63, 3.8) is 0 Å². The van der Waals surface area contributed by atoms with Crippen LogP contribution in [0.1, 0.15) is 11.1 Å². The maximum absolute atomic E-state index is 11.9. The highest BCUT2D eigenvalue weighted by Crippen LogP contribution is 2.15. The molecule has 3 rings (SSSR count). The van der Waals surface area contributed by atoms with Crippen molar-refractivity contribution in [3.05, 3.63) is 66.0 Å². The number of rotatable bonds is 5. The van der Waals surface area contributed by atoms with Crippen LogP contribution in [0.15, 0.2) is 54.9 Å². The summed E-state index contributed by atoms with van der Waals surface area (Å²) in [5.41, 5.74) is 3.64. The number of aryl methyl sites for hydroxylation is 1. The molecule has 0 fully saturated rings. The number of carbonyl (C=O) groups excluding carboxylic acids is 1. The van der Waals surface area contributed by atoms with Crippen molar-refractivity contribution < 1.29 is 9.53 Å². The molecule has 0 unspecified atom stereocenters. The number of carbonyl (C=O) groups is 1. The molecule has 0 saturated carbocycles. The number of fused-ring (bicyclic) bond motifs is 1. The van der Waals surface area contributed by atoms with Crippen molar-refractivity contribution >= 4 is 16.9 Å². The van der Waals surface area contributed by atoms with Gasteiger partial charge in [0.05, 0.1) is 11.0 Å². The van der Waals surface area contributed by atoms with Crippen molar-refractivity contribution in [2.24, 2.45) is 0 Å². The molecule has 1 amide bonds. The Morgan fingerprint density at radius 2 is 1.87 bits per heavy atom. The number of amides is 1. The maximum atomic E-state index is 11.9. The number of hydrogen-bond acceptors (Lipinski definition) is 4. The average molecular weight is 307 g/mol. The summed E-state index contributed by atoms with van der Waals surface area (Å²) in [4.78, 5) is 20.4. The molecule has 0 saturated heterocycles. The first kappa shape index (κ1) is 15.0. The Labute approximate surface area is 134 Å². The summed E-state index contributed by atoms with van der Waals surface area (Å²) in [5.74, 6) is 0.566. The van der Waals surface area contributed by atoms with Gasteiger partial charge in [0.1, 0.15) is 5.75 Å². The molecular formula is C18H17N3O2. The van der Waals surface area contributed by atoms with Gasteiger partial charge in [-0.05, 0) is 36.2 Å². The minimum Gasteiger partial charge on any atom is -0.484 e. The molecule has 0 aliphatic rings. The zero-order valence-corrected chi connectivity index (χ0v) is 12.8. The Hall–Kier alpha value is -2.95. The topological polar surface area (TPSA) is 64.1 Å². The van der Waals surface area contributed by atoms with Gasteiger partial charge in [0.15, 0.2) is 6.61 Å². The van der Waals surface area contributed by atoms with Gasteiger partial charge >= 0.3 is 0 Å². The van der Waals surface area contributed by atoms with Crippen LogP contribution in [0.5, 0.6) is 5.75 Å². The number of benzene rings is 2. The molecule has 0 aliphatic carbocycles. The molecule has 2 aromatic carbocycles. The quantitative estimate of drug-likeness (QED) is 0.787. The molecule has 0 radical (unpaired) electrons. The smallest absolute Gasteiger partial charge is 0.258 e. The van der Waals surface area contributed by atoms with Crippen LogP contribution in [-0.4, -0.2) is 22.5 Å². The van der Waals surface area contributed by atoms with Gasteiger partial charge in [0.25, 0.3) is 5.91 Å². The van der Waals surface area contributed by atoms with Gasteiger partial charge in [-0.25, -0.2) is 0 Å². The predicted molar refractivity (Wildman–Crippen MR) is 88.1 cm³/mol. The fraction of sp³-hybridized carbons (Fsp3) is 0.167. The number of para-hydroxylation sites is 1. The fourth-order valence-corrected chi connectivity index (χ4v) is 2.23.